The van der Waals surface area contributed by atoms with E-state index in [0.29, 0.717) is 0 Å². The molecule has 1 saturated carbocycles. The van der Waals surface area contributed by atoms with E-state index < -0.39 is 0 Å². The van der Waals surface area contributed by atoms with Gasteiger partial charge in [0.25, 0.3) is 5.91 Å². The maximum Gasteiger partial charge on any atom is 0.251 e. The molecule has 0 aromatic rings. The number of hydrogen-bond donors (Lipinski definition) is 1. The van der Waals surface area contributed by atoms with Crippen molar-refractivity contribution in [1.82, 2.24) is 5.32 Å². The summed E-state index contributed by atoms with van der Waals surface area (Å²) < 4.78 is 5.17. The third-order valence-corrected chi connectivity index (χ3v) is 2.51. The summed E-state index contributed by atoms with van der Waals surface area (Å²) >= 11 is 0. The lowest BCUT2D eigenvalue weighted by atomic mass is 10.2. The summed E-state index contributed by atoms with van der Waals surface area (Å²) in [4.78, 5) is 11.3. The van der Waals surface area contributed by atoms with E-state index in [1.807, 2.05) is 6.92 Å². The molecular weight excluding hydrogens is 154 g/mol. The summed E-state index contributed by atoms with van der Waals surface area (Å²) in [5, 5.41) is 2.91. The Bertz CT molecular complexity index is 189. The predicted octanol–water partition coefficient (Wildman–Crippen LogP) is 0.690. The smallest absolute Gasteiger partial charge is 0.251 e. The highest BCUT2D eigenvalue weighted by Crippen LogP contribution is 2.29. The average molecular weight is 169 g/mol. The number of hydrogen-bond acceptors (Lipinski definition) is 2. The van der Waals surface area contributed by atoms with E-state index in [2.05, 4.69) is 5.32 Å². The molecule has 0 bridgehead atoms. The molecule has 1 N–H and O–H groups in total. The molecule has 1 aliphatic carbocycles. The molecule has 2 fully saturated rings. The Labute approximate surface area is 72.5 Å². The summed E-state index contributed by atoms with van der Waals surface area (Å²) in [6, 6.07) is 0. The van der Waals surface area contributed by atoms with E-state index >= 15 is 0 Å². The number of carbonyl (C=O) groups excluding carboxylic acids is 1. The van der Waals surface area contributed by atoms with Gasteiger partial charge in [-0.2, -0.15) is 0 Å². The summed E-state index contributed by atoms with van der Waals surface area (Å²) in [5.74, 6) is 0.849. The Hall–Kier alpha value is -0.570. The fourth-order valence-electron chi connectivity index (χ4n) is 1.35. The Morgan fingerprint density at radius 1 is 1.58 bits per heavy atom. The fourth-order valence-corrected chi connectivity index (χ4v) is 1.35. The molecule has 0 spiro atoms. The zero-order chi connectivity index (χ0) is 8.55. The van der Waals surface area contributed by atoms with Crippen molar-refractivity contribution in [1.29, 1.82) is 0 Å². The minimum Gasteiger partial charge on any atom is -0.359 e. The quantitative estimate of drug-likeness (QED) is 0.629. The lowest BCUT2D eigenvalue weighted by Crippen LogP contribution is -2.30. The maximum absolute atomic E-state index is 11.3. The molecule has 1 saturated heterocycles. The molecule has 68 valence electrons. The van der Waals surface area contributed by atoms with Crippen LogP contribution < -0.4 is 5.32 Å². The number of epoxide rings is 1. The highest BCUT2D eigenvalue weighted by atomic mass is 16.6. The molecule has 2 unspecified atom stereocenters. The van der Waals surface area contributed by atoms with Crippen LogP contribution >= 0.6 is 0 Å². The summed E-state index contributed by atoms with van der Waals surface area (Å²) in [6.45, 7) is 2.90. The van der Waals surface area contributed by atoms with Gasteiger partial charge in [0.15, 0.2) is 6.10 Å². The van der Waals surface area contributed by atoms with Crippen LogP contribution in [0.1, 0.15) is 26.2 Å². The van der Waals surface area contributed by atoms with Gasteiger partial charge in [0.2, 0.25) is 0 Å². The van der Waals surface area contributed by atoms with Gasteiger partial charge >= 0.3 is 0 Å². The van der Waals surface area contributed by atoms with Crippen molar-refractivity contribution in [3.05, 3.63) is 0 Å². The molecule has 0 radical (unpaired) electrons. The van der Waals surface area contributed by atoms with Gasteiger partial charge < -0.3 is 10.1 Å². The predicted molar refractivity (Wildman–Crippen MR) is 44.7 cm³/mol. The molecule has 2 aliphatic rings. The van der Waals surface area contributed by atoms with Crippen LogP contribution in [0.15, 0.2) is 0 Å². The highest BCUT2D eigenvalue weighted by Gasteiger charge is 2.43. The molecule has 12 heavy (non-hydrogen) atoms. The molecule has 3 heteroatoms. The second-order valence-electron chi connectivity index (χ2n) is 3.69. The highest BCUT2D eigenvalue weighted by molar-refractivity contribution is 5.83. The first-order valence-electron chi connectivity index (χ1n) is 4.74. The largest absolute Gasteiger partial charge is 0.359 e. The first-order chi connectivity index (χ1) is 5.81. The van der Waals surface area contributed by atoms with E-state index in [9.17, 15) is 4.79 Å². The van der Waals surface area contributed by atoms with Gasteiger partial charge in [-0.05, 0) is 25.2 Å². The Morgan fingerprint density at radius 2 is 2.33 bits per heavy atom. The standard InChI is InChI=1S/C9H15NO2/c1-2-7-8(12-7)9(11)10-5-6-3-4-6/h6-8H,2-5H2,1H3,(H,10,11). The molecule has 0 aromatic carbocycles. The van der Waals surface area contributed by atoms with Gasteiger partial charge in [-0.15, -0.1) is 0 Å². The molecule has 3 nitrogen and oxygen atoms in total. The van der Waals surface area contributed by atoms with Crippen LogP contribution in [-0.4, -0.2) is 24.7 Å². The third-order valence-electron chi connectivity index (χ3n) is 2.51. The molecule has 1 heterocycles. The van der Waals surface area contributed by atoms with Crippen molar-refractivity contribution in [3.63, 3.8) is 0 Å². The normalized spacial score (nSPS) is 33.1. The Morgan fingerprint density at radius 3 is 2.83 bits per heavy atom. The minimum absolute atomic E-state index is 0.0914. The molecular formula is C9H15NO2. The van der Waals surface area contributed by atoms with Crippen LogP contribution in [0.2, 0.25) is 0 Å². The molecule has 2 atom stereocenters. The third kappa shape index (κ3) is 1.78. The molecule has 1 amide bonds. The van der Waals surface area contributed by atoms with Crippen molar-refractivity contribution in [2.45, 2.75) is 38.4 Å². The SMILES string of the molecule is CCC1OC1C(=O)NCC1CC1. The van der Waals surface area contributed by atoms with Gasteiger partial charge in [0, 0.05) is 6.54 Å². The fraction of sp³-hybridized carbons (Fsp3) is 0.889. The van der Waals surface area contributed by atoms with E-state index in [0.717, 1.165) is 18.9 Å². The number of amides is 1. The molecule has 0 aromatic heterocycles. The number of carbonyl (C=O) groups is 1. The first kappa shape index (κ1) is 8.05. The second-order valence-corrected chi connectivity index (χ2v) is 3.69. The van der Waals surface area contributed by atoms with Crippen LogP contribution in [-0.2, 0) is 9.53 Å². The van der Waals surface area contributed by atoms with E-state index in [-0.39, 0.29) is 18.1 Å². The summed E-state index contributed by atoms with van der Waals surface area (Å²) in [5.41, 5.74) is 0. The van der Waals surface area contributed by atoms with Crippen LogP contribution in [0.3, 0.4) is 0 Å². The van der Waals surface area contributed by atoms with Crippen molar-refractivity contribution in [3.8, 4) is 0 Å². The van der Waals surface area contributed by atoms with E-state index in [4.69, 9.17) is 4.74 Å². The number of nitrogens with one attached hydrogen (secondary N) is 1. The topological polar surface area (TPSA) is 41.6 Å². The first-order valence-corrected chi connectivity index (χ1v) is 4.74. The lowest BCUT2D eigenvalue weighted by molar-refractivity contribution is -0.122. The van der Waals surface area contributed by atoms with E-state index in [1.165, 1.54) is 12.8 Å². The maximum atomic E-state index is 11.3. The summed E-state index contributed by atoms with van der Waals surface area (Å²) in [6.07, 6.45) is 3.58. The van der Waals surface area contributed by atoms with Gasteiger partial charge in [0.1, 0.15) is 0 Å². The van der Waals surface area contributed by atoms with Crippen LogP contribution in [0, 0.1) is 5.92 Å². The van der Waals surface area contributed by atoms with Gasteiger partial charge in [-0.25, -0.2) is 0 Å². The monoisotopic (exact) mass is 169 g/mol. The molecule has 2 rings (SSSR count). The van der Waals surface area contributed by atoms with Crippen molar-refractivity contribution in [2.75, 3.05) is 6.54 Å². The summed E-state index contributed by atoms with van der Waals surface area (Å²) in [7, 11) is 0. The second kappa shape index (κ2) is 3.05. The number of ether oxygens (including phenoxy) is 1. The zero-order valence-corrected chi connectivity index (χ0v) is 7.38. The van der Waals surface area contributed by atoms with E-state index in [1.54, 1.807) is 0 Å². The van der Waals surface area contributed by atoms with Crippen molar-refractivity contribution >= 4 is 5.91 Å². The van der Waals surface area contributed by atoms with Crippen molar-refractivity contribution in [2.24, 2.45) is 5.92 Å². The zero-order valence-electron chi connectivity index (χ0n) is 7.38. The molecule has 1 aliphatic heterocycles. The van der Waals surface area contributed by atoms with Crippen molar-refractivity contribution < 1.29 is 9.53 Å². The Balaban J connectivity index is 1.64. The Kier molecular flexibility index (Phi) is 2.05. The van der Waals surface area contributed by atoms with Crippen LogP contribution in [0.5, 0.6) is 0 Å². The van der Waals surface area contributed by atoms with Gasteiger partial charge in [-0.3, -0.25) is 4.79 Å². The average Bonchev–Trinajstić information content (AvgIpc) is 2.94. The van der Waals surface area contributed by atoms with Crippen LogP contribution in [0.4, 0.5) is 0 Å². The van der Waals surface area contributed by atoms with Crippen LogP contribution in [0.25, 0.3) is 0 Å². The minimum atomic E-state index is -0.131. The van der Waals surface area contributed by atoms with Gasteiger partial charge in [0.05, 0.1) is 6.10 Å². The number of rotatable bonds is 4. The lowest BCUT2D eigenvalue weighted by Gasteiger charge is -1.99. The van der Waals surface area contributed by atoms with Gasteiger partial charge in [-0.1, -0.05) is 6.92 Å².